The molecule has 0 saturated carbocycles. The third kappa shape index (κ3) is 4.64. The minimum absolute atomic E-state index is 0.0628. The Morgan fingerprint density at radius 3 is 2.67 bits per heavy atom. The smallest absolute Gasteiger partial charge is 0.306 e. The van der Waals surface area contributed by atoms with Crippen LogP contribution in [-0.2, 0) is 14.3 Å². The molecule has 0 aliphatic heterocycles. The maximum Gasteiger partial charge on any atom is 0.306 e. The van der Waals surface area contributed by atoms with Crippen molar-refractivity contribution in [2.24, 2.45) is 0 Å². The van der Waals surface area contributed by atoms with Gasteiger partial charge in [-0.25, -0.2) is 4.98 Å². The lowest BCUT2D eigenvalue weighted by molar-refractivity contribution is -0.141. The molecule has 0 aliphatic rings. The van der Waals surface area contributed by atoms with Crippen LogP contribution in [0.1, 0.15) is 12.8 Å². The van der Waals surface area contributed by atoms with E-state index in [0.717, 1.165) is 15.7 Å². The van der Waals surface area contributed by atoms with Gasteiger partial charge in [0.15, 0.2) is 5.13 Å². The Labute approximate surface area is 134 Å². The van der Waals surface area contributed by atoms with E-state index in [1.54, 1.807) is 0 Å². The van der Waals surface area contributed by atoms with Crippen molar-refractivity contribution in [1.82, 2.24) is 4.98 Å². The number of amides is 1. The van der Waals surface area contributed by atoms with Crippen LogP contribution >= 0.6 is 27.3 Å². The summed E-state index contributed by atoms with van der Waals surface area (Å²) in [4.78, 5) is 27.0. The lowest BCUT2D eigenvalue weighted by Gasteiger charge is -2.01. The molecule has 0 bridgehead atoms. The molecule has 0 atom stereocenters. The molecular weight excluding hydrogens is 356 g/mol. The standard InChI is InChI=1S/C14H13BrN2O3S/c1-20-13(19)7-6-12(18)17-14-16-11(8-21-14)9-2-4-10(15)5-3-9/h2-5,8H,6-7H2,1H3,(H,16,17,18). The summed E-state index contributed by atoms with van der Waals surface area (Å²) in [5.74, 6) is -0.656. The number of aromatic nitrogens is 1. The number of anilines is 1. The van der Waals surface area contributed by atoms with Crippen LogP contribution in [0.5, 0.6) is 0 Å². The van der Waals surface area contributed by atoms with E-state index in [1.807, 2.05) is 29.6 Å². The number of nitrogens with one attached hydrogen (secondary N) is 1. The second kappa shape index (κ2) is 7.33. The lowest BCUT2D eigenvalue weighted by Crippen LogP contribution is -2.13. The van der Waals surface area contributed by atoms with Gasteiger partial charge in [-0.15, -0.1) is 11.3 Å². The van der Waals surface area contributed by atoms with Crippen LogP contribution < -0.4 is 5.32 Å². The van der Waals surface area contributed by atoms with Crippen LogP contribution in [0.4, 0.5) is 5.13 Å². The summed E-state index contributed by atoms with van der Waals surface area (Å²) in [6.07, 6.45) is 0.146. The van der Waals surface area contributed by atoms with Crippen LogP contribution in [0.15, 0.2) is 34.1 Å². The second-order valence-electron chi connectivity index (χ2n) is 4.17. The number of benzene rings is 1. The molecule has 0 radical (unpaired) electrons. The molecule has 2 aromatic rings. The van der Waals surface area contributed by atoms with Crippen LogP contribution in [0, 0.1) is 0 Å². The molecule has 110 valence electrons. The van der Waals surface area contributed by atoms with Crippen molar-refractivity contribution in [3.63, 3.8) is 0 Å². The normalized spacial score (nSPS) is 10.2. The zero-order valence-corrected chi connectivity index (χ0v) is 13.7. The van der Waals surface area contributed by atoms with Gasteiger partial charge in [-0.2, -0.15) is 0 Å². The van der Waals surface area contributed by atoms with Gasteiger partial charge < -0.3 is 10.1 Å². The van der Waals surface area contributed by atoms with Crippen LogP contribution in [-0.4, -0.2) is 24.0 Å². The zero-order valence-electron chi connectivity index (χ0n) is 11.3. The molecule has 0 fully saturated rings. The number of carbonyl (C=O) groups is 2. The van der Waals surface area contributed by atoms with Crippen molar-refractivity contribution >= 4 is 44.3 Å². The highest BCUT2D eigenvalue weighted by Crippen LogP contribution is 2.26. The number of thiazole rings is 1. The van der Waals surface area contributed by atoms with Gasteiger partial charge in [0, 0.05) is 21.8 Å². The first-order chi connectivity index (χ1) is 10.1. The van der Waals surface area contributed by atoms with Crippen molar-refractivity contribution in [1.29, 1.82) is 0 Å². The van der Waals surface area contributed by atoms with Gasteiger partial charge in [0.25, 0.3) is 0 Å². The molecule has 1 amide bonds. The van der Waals surface area contributed by atoms with Crippen molar-refractivity contribution in [3.05, 3.63) is 34.1 Å². The summed E-state index contributed by atoms with van der Waals surface area (Å²) < 4.78 is 5.48. The first-order valence-electron chi connectivity index (χ1n) is 6.16. The Kier molecular flexibility index (Phi) is 5.46. The number of nitrogens with zero attached hydrogens (tertiary/aromatic N) is 1. The van der Waals surface area contributed by atoms with Crippen molar-refractivity contribution < 1.29 is 14.3 Å². The molecule has 0 unspecified atom stereocenters. The predicted octanol–water partition coefficient (Wildman–Crippen LogP) is 3.46. The number of methoxy groups -OCH3 is 1. The van der Waals surface area contributed by atoms with Gasteiger partial charge in [-0.3, -0.25) is 9.59 Å². The fraction of sp³-hybridized carbons (Fsp3) is 0.214. The van der Waals surface area contributed by atoms with Crippen molar-refractivity contribution in [3.8, 4) is 11.3 Å². The van der Waals surface area contributed by atoms with E-state index >= 15 is 0 Å². The Morgan fingerprint density at radius 1 is 1.29 bits per heavy atom. The van der Waals surface area contributed by atoms with E-state index in [0.29, 0.717) is 5.13 Å². The Balaban J connectivity index is 1.95. The van der Waals surface area contributed by atoms with Crippen LogP contribution in [0.2, 0.25) is 0 Å². The summed E-state index contributed by atoms with van der Waals surface area (Å²) in [7, 11) is 1.30. The van der Waals surface area contributed by atoms with E-state index in [2.05, 4.69) is 31.0 Å². The highest BCUT2D eigenvalue weighted by atomic mass is 79.9. The van der Waals surface area contributed by atoms with Gasteiger partial charge in [-0.1, -0.05) is 28.1 Å². The summed E-state index contributed by atoms with van der Waals surface area (Å²) in [5, 5.41) is 5.06. The third-order valence-corrected chi connectivity index (χ3v) is 3.96. The second-order valence-corrected chi connectivity index (χ2v) is 5.94. The fourth-order valence-electron chi connectivity index (χ4n) is 1.58. The van der Waals surface area contributed by atoms with Crippen molar-refractivity contribution in [2.45, 2.75) is 12.8 Å². The number of esters is 1. The highest BCUT2D eigenvalue weighted by Gasteiger charge is 2.10. The van der Waals surface area contributed by atoms with Gasteiger partial charge in [0.05, 0.1) is 19.2 Å². The molecule has 0 saturated heterocycles. The summed E-state index contributed by atoms with van der Waals surface area (Å²) >= 11 is 4.72. The molecule has 7 heteroatoms. The van der Waals surface area contributed by atoms with Crippen LogP contribution in [0.3, 0.4) is 0 Å². The molecule has 21 heavy (non-hydrogen) atoms. The number of hydrogen-bond acceptors (Lipinski definition) is 5. The van der Waals surface area contributed by atoms with E-state index in [1.165, 1.54) is 18.4 Å². The lowest BCUT2D eigenvalue weighted by atomic mass is 10.2. The largest absolute Gasteiger partial charge is 0.469 e. The van der Waals surface area contributed by atoms with E-state index in [-0.39, 0.29) is 18.7 Å². The molecular formula is C14H13BrN2O3S. The average molecular weight is 369 g/mol. The minimum Gasteiger partial charge on any atom is -0.469 e. The number of hydrogen-bond donors (Lipinski definition) is 1. The van der Waals surface area contributed by atoms with Gasteiger partial charge >= 0.3 is 5.97 Å². The van der Waals surface area contributed by atoms with Gasteiger partial charge in [0.1, 0.15) is 0 Å². The van der Waals surface area contributed by atoms with Crippen LogP contribution in [0.25, 0.3) is 11.3 Å². The summed E-state index contributed by atoms with van der Waals surface area (Å²) in [5.41, 5.74) is 1.78. The molecule has 0 aliphatic carbocycles. The Morgan fingerprint density at radius 2 is 2.00 bits per heavy atom. The highest BCUT2D eigenvalue weighted by molar-refractivity contribution is 9.10. The third-order valence-electron chi connectivity index (χ3n) is 2.67. The maximum absolute atomic E-state index is 11.7. The summed E-state index contributed by atoms with van der Waals surface area (Å²) in [6.45, 7) is 0. The molecule has 0 spiro atoms. The first kappa shape index (κ1) is 15.7. The van der Waals surface area contributed by atoms with Crippen molar-refractivity contribution in [2.75, 3.05) is 12.4 Å². The molecule has 1 heterocycles. The molecule has 1 aromatic heterocycles. The summed E-state index contributed by atoms with van der Waals surface area (Å²) in [6, 6.07) is 7.76. The quantitative estimate of drug-likeness (QED) is 0.820. The average Bonchev–Trinajstić information content (AvgIpc) is 2.94. The first-order valence-corrected chi connectivity index (χ1v) is 7.84. The monoisotopic (exact) mass is 368 g/mol. The molecule has 1 N–H and O–H groups in total. The predicted molar refractivity (Wildman–Crippen MR) is 85.1 cm³/mol. The van der Waals surface area contributed by atoms with Gasteiger partial charge in [-0.05, 0) is 12.1 Å². The van der Waals surface area contributed by atoms with E-state index in [4.69, 9.17) is 0 Å². The van der Waals surface area contributed by atoms with E-state index in [9.17, 15) is 9.59 Å². The minimum atomic E-state index is -0.403. The fourth-order valence-corrected chi connectivity index (χ4v) is 2.58. The maximum atomic E-state index is 11.7. The number of rotatable bonds is 5. The molecule has 2 rings (SSSR count). The Hall–Kier alpha value is -1.73. The number of ether oxygens (including phenoxy) is 1. The molecule has 5 nitrogen and oxygen atoms in total. The number of carbonyl (C=O) groups excluding carboxylic acids is 2. The zero-order chi connectivity index (χ0) is 15.2. The topological polar surface area (TPSA) is 68.3 Å². The van der Waals surface area contributed by atoms with Gasteiger partial charge in [0.2, 0.25) is 5.91 Å². The number of halogens is 1. The van der Waals surface area contributed by atoms with E-state index < -0.39 is 5.97 Å². The Bertz CT molecular complexity index is 640. The SMILES string of the molecule is COC(=O)CCC(=O)Nc1nc(-c2ccc(Br)cc2)cs1. The molecule has 1 aromatic carbocycles.